The number of hydrogen-bond donors (Lipinski definition) is 2. The van der Waals surface area contributed by atoms with Crippen molar-refractivity contribution in [3.63, 3.8) is 0 Å². The highest BCUT2D eigenvalue weighted by atomic mass is 16.5. The maximum atomic E-state index is 13.3. The lowest BCUT2D eigenvalue weighted by Gasteiger charge is -2.43. The van der Waals surface area contributed by atoms with E-state index in [-0.39, 0.29) is 30.2 Å². The molecule has 2 heterocycles. The second-order valence-corrected chi connectivity index (χ2v) is 9.43. The number of methoxy groups -OCH3 is 2. The summed E-state index contributed by atoms with van der Waals surface area (Å²) in [5.41, 5.74) is 2.66. The van der Waals surface area contributed by atoms with Crippen molar-refractivity contribution in [3.8, 4) is 17.2 Å². The Morgan fingerprint density at radius 2 is 1.92 bits per heavy atom. The first-order valence-corrected chi connectivity index (χ1v) is 12.7. The van der Waals surface area contributed by atoms with Gasteiger partial charge >= 0.3 is 12.0 Å². The van der Waals surface area contributed by atoms with Crippen molar-refractivity contribution >= 4 is 17.7 Å². The van der Waals surface area contributed by atoms with E-state index in [4.69, 9.17) is 14.2 Å². The van der Waals surface area contributed by atoms with Gasteiger partial charge in [0.15, 0.2) is 11.5 Å². The number of anilines is 1. The number of amides is 2. The van der Waals surface area contributed by atoms with Crippen LogP contribution >= 0.6 is 0 Å². The predicted molar refractivity (Wildman–Crippen MR) is 144 cm³/mol. The molecule has 2 aromatic rings. The number of urea groups is 1. The number of carbonyl (C=O) groups excluding carboxylic acids is 2. The summed E-state index contributed by atoms with van der Waals surface area (Å²) in [7, 11) is 4.77. The van der Waals surface area contributed by atoms with E-state index >= 15 is 0 Å². The van der Waals surface area contributed by atoms with Crippen LogP contribution in [0.2, 0.25) is 0 Å². The number of benzene rings is 2. The third kappa shape index (κ3) is 5.50. The third-order valence-electron chi connectivity index (χ3n) is 7.08. The van der Waals surface area contributed by atoms with Crippen LogP contribution < -0.4 is 19.7 Å². The Morgan fingerprint density at radius 1 is 1.13 bits per heavy atom. The molecule has 1 saturated heterocycles. The van der Waals surface area contributed by atoms with Gasteiger partial charge in [-0.25, -0.2) is 9.59 Å². The van der Waals surface area contributed by atoms with Crippen LogP contribution in [0.4, 0.5) is 10.5 Å². The van der Waals surface area contributed by atoms with E-state index in [0.717, 1.165) is 31.1 Å². The van der Waals surface area contributed by atoms with Gasteiger partial charge in [-0.15, -0.1) is 0 Å². The molecular weight excluding hydrogens is 488 g/mol. The average Bonchev–Trinajstić information content (AvgIpc) is 2.91. The highest BCUT2D eigenvalue weighted by Crippen LogP contribution is 2.36. The van der Waals surface area contributed by atoms with Crippen LogP contribution in [-0.4, -0.2) is 87.0 Å². The molecule has 2 aliphatic heterocycles. The lowest BCUT2D eigenvalue weighted by molar-refractivity contribution is -0.139. The van der Waals surface area contributed by atoms with Crippen molar-refractivity contribution in [2.45, 2.75) is 25.9 Å². The van der Waals surface area contributed by atoms with Gasteiger partial charge in [0.1, 0.15) is 5.75 Å². The van der Waals surface area contributed by atoms with Gasteiger partial charge in [-0.2, -0.15) is 0 Å². The van der Waals surface area contributed by atoms with Crippen LogP contribution in [0.25, 0.3) is 0 Å². The molecule has 2 N–H and O–H groups in total. The number of phenols is 1. The predicted octanol–water partition coefficient (Wildman–Crippen LogP) is 3.13. The van der Waals surface area contributed by atoms with E-state index in [9.17, 15) is 14.7 Å². The van der Waals surface area contributed by atoms with Crippen molar-refractivity contribution in [1.29, 1.82) is 0 Å². The van der Waals surface area contributed by atoms with Crippen molar-refractivity contribution in [2.24, 2.45) is 0 Å². The quantitative estimate of drug-likeness (QED) is 0.508. The van der Waals surface area contributed by atoms with E-state index in [1.165, 1.54) is 18.1 Å². The summed E-state index contributed by atoms with van der Waals surface area (Å²) in [6, 6.07) is 11.9. The van der Waals surface area contributed by atoms with Crippen LogP contribution in [0.15, 0.2) is 53.7 Å². The second-order valence-electron chi connectivity index (χ2n) is 9.43. The van der Waals surface area contributed by atoms with Crippen molar-refractivity contribution < 1.29 is 28.9 Å². The Labute approximate surface area is 223 Å². The molecule has 2 aliphatic rings. The SMILES string of the molecule is CCOC(=O)C1=C(CN2CCN(c3cccc(OC)c3)[C@@H](C)C2)N(C)C(=O)N[C@@H]1c1ccc(O)c(OC)c1. The minimum Gasteiger partial charge on any atom is -0.504 e. The fourth-order valence-electron chi connectivity index (χ4n) is 5.08. The number of carbonyl (C=O) groups is 2. The summed E-state index contributed by atoms with van der Waals surface area (Å²) in [6.45, 7) is 6.79. The standard InChI is InChI=1S/C28H36N4O6/c1-6-38-27(34)25-22(30(3)28(35)29-26(25)19-10-11-23(33)24(14-19)37-5)17-31-12-13-32(18(2)16-31)20-8-7-9-21(15-20)36-4/h7-11,14-15,18,26,33H,6,12-13,16-17H2,1-5H3,(H,29,35)/t18-,26+/m0/s1. The van der Waals surface area contributed by atoms with Crippen molar-refractivity contribution in [2.75, 3.05) is 59.0 Å². The zero-order chi connectivity index (χ0) is 27.4. The first-order chi connectivity index (χ1) is 18.3. The van der Waals surface area contributed by atoms with E-state index < -0.39 is 12.0 Å². The maximum Gasteiger partial charge on any atom is 0.338 e. The fourth-order valence-corrected chi connectivity index (χ4v) is 5.08. The minimum absolute atomic E-state index is 0.0275. The third-order valence-corrected chi connectivity index (χ3v) is 7.08. The highest BCUT2D eigenvalue weighted by Gasteiger charge is 2.38. The monoisotopic (exact) mass is 524 g/mol. The smallest absolute Gasteiger partial charge is 0.338 e. The fraction of sp³-hybridized carbons (Fsp3) is 0.429. The van der Waals surface area contributed by atoms with E-state index in [1.54, 1.807) is 33.2 Å². The molecule has 0 unspecified atom stereocenters. The van der Waals surface area contributed by atoms with Gasteiger partial charge in [-0.05, 0) is 43.7 Å². The summed E-state index contributed by atoms with van der Waals surface area (Å²) < 4.78 is 16.1. The van der Waals surface area contributed by atoms with Crippen molar-refractivity contribution in [3.05, 3.63) is 59.3 Å². The van der Waals surface area contributed by atoms with Gasteiger partial charge in [0, 0.05) is 56.7 Å². The average molecular weight is 525 g/mol. The Bertz CT molecular complexity index is 1220. The van der Waals surface area contributed by atoms with Gasteiger partial charge in [0.25, 0.3) is 0 Å². The number of esters is 1. The zero-order valence-electron chi connectivity index (χ0n) is 22.6. The number of nitrogens with one attached hydrogen (secondary N) is 1. The van der Waals surface area contributed by atoms with Gasteiger partial charge in [0.2, 0.25) is 0 Å². The topological polar surface area (TPSA) is 104 Å². The Balaban J connectivity index is 1.64. The highest BCUT2D eigenvalue weighted by molar-refractivity contribution is 5.95. The Hall–Kier alpha value is -3.92. The summed E-state index contributed by atoms with van der Waals surface area (Å²) in [4.78, 5) is 32.4. The normalized spacial score (nSPS) is 20.3. The van der Waals surface area contributed by atoms with E-state index in [1.807, 2.05) is 18.2 Å². The molecule has 10 heteroatoms. The number of phenolic OH excluding ortho intramolecular Hbond substituents is 1. The van der Waals surface area contributed by atoms with Crippen molar-refractivity contribution in [1.82, 2.24) is 15.1 Å². The molecule has 2 amide bonds. The zero-order valence-corrected chi connectivity index (χ0v) is 22.6. The molecule has 0 bridgehead atoms. The molecule has 0 radical (unpaired) electrons. The molecule has 1 fully saturated rings. The molecule has 4 rings (SSSR count). The van der Waals surface area contributed by atoms with Crippen LogP contribution in [-0.2, 0) is 9.53 Å². The molecule has 0 aliphatic carbocycles. The number of rotatable bonds is 8. The molecule has 204 valence electrons. The number of aromatic hydroxyl groups is 1. The summed E-state index contributed by atoms with van der Waals surface area (Å²) in [6.07, 6.45) is 0. The molecule has 0 spiro atoms. The number of piperazine rings is 1. The van der Waals surface area contributed by atoms with Gasteiger partial charge in [0.05, 0.1) is 32.4 Å². The minimum atomic E-state index is -0.752. The molecule has 38 heavy (non-hydrogen) atoms. The summed E-state index contributed by atoms with van der Waals surface area (Å²) >= 11 is 0. The molecule has 2 aromatic carbocycles. The van der Waals surface area contributed by atoms with Gasteiger partial charge in [-0.1, -0.05) is 12.1 Å². The molecule has 2 atom stereocenters. The van der Waals surface area contributed by atoms with Gasteiger partial charge in [-0.3, -0.25) is 9.80 Å². The van der Waals surface area contributed by atoms with Crippen LogP contribution in [0.1, 0.15) is 25.5 Å². The summed E-state index contributed by atoms with van der Waals surface area (Å²) in [5.74, 6) is 0.547. The van der Waals surface area contributed by atoms with Crippen LogP contribution in [0.5, 0.6) is 17.2 Å². The molecule has 0 aromatic heterocycles. The molecule has 0 saturated carbocycles. The lowest BCUT2D eigenvalue weighted by Crippen LogP contribution is -2.55. The molecular formula is C28H36N4O6. The Kier molecular flexibility index (Phi) is 8.31. The second kappa shape index (κ2) is 11.6. The number of nitrogens with zero attached hydrogens (tertiary/aromatic N) is 3. The van der Waals surface area contributed by atoms with Gasteiger partial charge < -0.3 is 29.5 Å². The van der Waals surface area contributed by atoms with Crippen LogP contribution in [0, 0.1) is 0 Å². The number of hydrogen-bond acceptors (Lipinski definition) is 8. The maximum absolute atomic E-state index is 13.3. The summed E-state index contributed by atoms with van der Waals surface area (Å²) in [5, 5.41) is 13.0. The van der Waals surface area contributed by atoms with Crippen LogP contribution in [0.3, 0.4) is 0 Å². The van der Waals surface area contributed by atoms with E-state index in [0.29, 0.717) is 23.4 Å². The Morgan fingerprint density at radius 3 is 2.61 bits per heavy atom. The first kappa shape index (κ1) is 27.1. The largest absolute Gasteiger partial charge is 0.504 e. The number of likely N-dealkylation sites (N-methyl/N-ethyl adjacent to an activating group) is 1. The first-order valence-electron chi connectivity index (χ1n) is 12.7. The molecule has 10 nitrogen and oxygen atoms in total. The lowest BCUT2D eigenvalue weighted by atomic mass is 9.93. The van der Waals surface area contributed by atoms with E-state index in [2.05, 4.69) is 28.1 Å². The number of ether oxygens (including phenoxy) is 3.